The highest BCUT2D eigenvalue weighted by molar-refractivity contribution is 5.94. The molecule has 0 aromatic heterocycles. The van der Waals surface area contributed by atoms with Gasteiger partial charge in [-0.2, -0.15) is 0 Å². The summed E-state index contributed by atoms with van der Waals surface area (Å²) in [4.78, 5) is 14.5. The van der Waals surface area contributed by atoms with Crippen molar-refractivity contribution in [2.75, 3.05) is 13.1 Å². The van der Waals surface area contributed by atoms with E-state index in [0.29, 0.717) is 6.54 Å². The van der Waals surface area contributed by atoms with Crippen LogP contribution in [0, 0.1) is 0 Å². The molecule has 2 aromatic rings. The fourth-order valence-corrected chi connectivity index (χ4v) is 3.19. The number of halogens is 3. The van der Waals surface area contributed by atoms with Gasteiger partial charge in [0.2, 0.25) is 0 Å². The topological polar surface area (TPSA) is 61.8 Å². The molecular weight excluding hydrogens is 385 g/mol. The monoisotopic (exact) mass is 408 g/mol. The zero-order valence-electron chi connectivity index (χ0n) is 15.8. The molecule has 29 heavy (non-hydrogen) atoms. The number of likely N-dealkylation sites (tertiary alicyclic amines) is 1. The van der Waals surface area contributed by atoms with Gasteiger partial charge in [-0.3, -0.25) is 9.69 Å². The highest BCUT2D eigenvalue weighted by Crippen LogP contribution is 2.22. The lowest BCUT2D eigenvalue weighted by Crippen LogP contribution is -2.35. The number of nitrogens with zero attached hydrogens (tertiary/aromatic N) is 1. The number of aliphatic hydroxyl groups is 1. The predicted molar refractivity (Wildman–Crippen MR) is 101 cm³/mol. The van der Waals surface area contributed by atoms with Crippen LogP contribution in [0.25, 0.3) is 0 Å². The number of nitrogens with one attached hydrogen (secondary N) is 1. The number of ether oxygens (including phenoxy) is 1. The largest absolute Gasteiger partial charge is 0.573 e. The lowest BCUT2D eigenvalue weighted by molar-refractivity contribution is -0.274. The first-order chi connectivity index (χ1) is 13.8. The van der Waals surface area contributed by atoms with E-state index in [0.717, 1.165) is 55.7 Å². The van der Waals surface area contributed by atoms with Crippen molar-refractivity contribution in [3.8, 4) is 5.75 Å². The summed E-state index contributed by atoms with van der Waals surface area (Å²) in [7, 11) is 0. The first-order valence-corrected chi connectivity index (χ1v) is 9.41. The van der Waals surface area contributed by atoms with Gasteiger partial charge >= 0.3 is 6.36 Å². The van der Waals surface area contributed by atoms with Crippen molar-refractivity contribution in [1.29, 1.82) is 0 Å². The molecule has 2 N–H and O–H groups in total. The summed E-state index contributed by atoms with van der Waals surface area (Å²) in [5.41, 5.74) is 2.34. The number of alkyl halides is 3. The molecule has 1 saturated heterocycles. The number of hydrogen-bond acceptors (Lipinski definition) is 4. The standard InChI is InChI=1S/C21H23F3N2O3/c22-21(23,24)29-19-7-5-17(6-8-19)20(28)25-13-15-1-3-16(4-2-15)14-26-11-9-18(27)10-12-26/h1-8,18,27H,9-14H2,(H,25,28). The summed E-state index contributed by atoms with van der Waals surface area (Å²) in [5, 5.41) is 12.3. The number of benzene rings is 2. The molecule has 8 heteroatoms. The normalized spacial score (nSPS) is 15.9. The molecule has 0 bridgehead atoms. The van der Waals surface area contributed by atoms with Gasteiger partial charge in [0.05, 0.1) is 6.10 Å². The number of carbonyl (C=O) groups is 1. The minimum atomic E-state index is -4.76. The second-order valence-electron chi connectivity index (χ2n) is 7.08. The van der Waals surface area contributed by atoms with Gasteiger partial charge in [0.1, 0.15) is 5.75 Å². The third kappa shape index (κ3) is 6.76. The van der Waals surface area contributed by atoms with Crippen LogP contribution < -0.4 is 10.1 Å². The van der Waals surface area contributed by atoms with E-state index in [9.17, 15) is 23.1 Å². The van der Waals surface area contributed by atoms with Crippen LogP contribution in [0.15, 0.2) is 48.5 Å². The summed E-state index contributed by atoms with van der Waals surface area (Å²) in [6.45, 7) is 2.90. The molecule has 0 spiro atoms. The van der Waals surface area contributed by atoms with Crippen LogP contribution in [0.1, 0.15) is 34.3 Å². The maximum absolute atomic E-state index is 12.2. The second-order valence-corrected chi connectivity index (χ2v) is 7.08. The smallest absolute Gasteiger partial charge is 0.406 e. The Morgan fingerprint density at radius 1 is 1.03 bits per heavy atom. The Morgan fingerprint density at radius 2 is 1.62 bits per heavy atom. The van der Waals surface area contributed by atoms with Crippen molar-refractivity contribution >= 4 is 5.91 Å². The van der Waals surface area contributed by atoms with Crippen molar-refractivity contribution in [2.24, 2.45) is 0 Å². The summed E-state index contributed by atoms with van der Waals surface area (Å²) < 4.78 is 40.3. The van der Waals surface area contributed by atoms with Gasteiger partial charge in [-0.1, -0.05) is 24.3 Å². The molecule has 1 fully saturated rings. The van der Waals surface area contributed by atoms with Gasteiger partial charge in [0.15, 0.2) is 0 Å². The summed E-state index contributed by atoms with van der Waals surface area (Å²) in [6, 6.07) is 12.7. The second kappa shape index (κ2) is 9.28. The maximum atomic E-state index is 12.2. The van der Waals surface area contributed by atoms with E-state index < -0.39 is 6.36 Å². The van der Waals surface area contributed by atoms with Crippen LogP contribution in [-0.2, 0) is 13.1 Å². The van der Waals surface area contributed by atoms with Crippen molar-refractivity contribution in [3.05, 3.63) is 65.2 Å². The minimum absolute atomic E-state index is 0.189. The number of rotatable bonds is 6. The molecule has 2 aromatic carbocycles. The highest BCUT2D eigenvalue weighted by atomic mass is 19.4. The van der Waals surface area contributed by atoms with E-state index in [1.54, 1.807) is 0 Å². The summed E-state index contributed by atoms with van der Waals surface area (Å²) in [6.07, 6.45) is -3.35. The summed E-state index contributed by atoms with van der Waals surface area (Å²) in [5.74, 6) is -0.743. The van der Waals surface area contributed by atoms with E-state index in [1.807, 2.05) is 24.3 Å². The molecule has 3 rings (SSSR count). The molecule has 1 amide bonds. The van der Waals surface area contributed by atoms with E-state index in [2.05, 4.69) is 15.0 Å². The predicted octanol–water partition coefficient (Wildman–Crippen LogP) is 3.47. The Balaban J connectivity index is 1.47. The highest BCUT2D eigenvalue weighted by Gasteiger charge is 2.31. The zero-order valence-corrected chi connectivity index (χ0v) is 15.8. The molecule has 1 aliphatic heterocycles. The van der Waals surface area contributed by atoms with Gasteiger partial charge in [0.25, 0.3) is 5.91 Å². The molecule has 0 unspecified atom stereocenters. The van der Waals surface area contributed by atoms with E-state index in [1.165, 1.54) is 12.1 Å². The molecular formula is C21H23F3N2O3. The number of amides is 1. The minimum Gasteiger partial charge on any atom is -0.406 e. The van der Waals surface area contributed by atoms with Crippen molar-refractivity contribution in [2.45, 2.75) is 38.4 Å². The van der Waals surface area contributed by atoms with Crippen LogP contribution in [-0.4, -0.2) is 41.5 Å². The van der Waals surface area contributed by atoms with E-state index in [-0.39, 0.29) is 23.3 Å². The zero-order chi connectivity index (χ0) is 20.9. The van der Waals surface area contributed by atoms with E-state index >= 15 is 0 Å². The van der Waals surface area contributed by atoms with Crippen LogP contribution in [0.5, 0.6) is 5.75 Å². The van der Waals surface area contributed by atoms with Crippen molar-refractivity contribution in [3.63, 3.8) is 0 Å². The SMILES string of the molecule is O=C(NCc1ccc(CN2CCC(O)CC2)cc1)c1ccc(OC(F)(F)F)cc1. The number of carbonyl (C=O) groups excluding carboxylic acids is 1. The Morgan fingerprint density at radius 3 is 2.21 bits per heavy atom. The fourth-order valence-electron chi connectivity index (χ4n) is 3.19. The molecule has 1 aliphatic rings. The molecule has 0 radical (unpaired) electrons. The Labute approximate surface area is 167 Å². The molecule has 0 aliphatic carbocycles. The molecule has 0 atom stereocenters. The van der Waals surface area contributed by atoms with Crippen molar-refractivity contribution in [1.82, 2.24) is 10.2 Å². The molecule has 156 valence electrons. The van der Waals surface area contributed by atoms with Crippen molar-refractivity contribution < 1.29 is 27.8 Å². The number of aliphatic hydroxyl groups excluding tert-OH is 1. The Kier molecular flexibility index (Phi) is 6.76. The van der Waals surface area contributed by atoms with E-state index in [4.69, 9.17) is 0 Å². The van der Waals surface area contributed by atoms with Gasteiger partial charge < -0.3 is 15.2 Å². The molecule has 5 nitrogen and oxygen atoms in total. The van der Waals surface area contributed by atoms with Gasteiger partial charge in [-0.25, -0.2) is 0 Å². The number of piperidine rings is 1. The third-order valence-corrected chi connectivity index (χ3v) is 4.79. The lowest BCUT2D eigenvalue weighted by Gasteiger charge is -2.29. The van der Waals surface area contributed by atoms with Crippen LogP contribution >= 0.6 is 0 Å². The van der Waals surface area contributed by atoms with Gasteiger partial charge in [0, 0.05) is 31.7 Å². The molecule has 0 saturated carbocycles. The third-order valence-electron chi connectivity index (χ3n) is 4.79. The fraction of sp³-hybridized carbons (Fsp3) is 0.381. The quantitative estimate of drug-likeness (QED) is 0.769. The van der Waals surface area contributed by atoms with Crippen LogP contribution in [0.2, 0.25) is 0 Å². The number of hydrogen-bond donors (Lipinski definition) is 2. The molecule has 1 heterocycles. The maximum Gasteiger partial charge on any atom is 0.573 e. The van der Waals surface area contributed by atoms with Gasteiger partial charge in [-0.15, -0.1) is 13.2 Å². The van der Waals surface area contributed by atoms with Crippen LogP contribution in [0.4, 0.5) is 13.2 Å². The average molecular weight is 408 g/mol. The average Bonchev–Trinajstić information content (AvgIpc) is 2.68. The summed E-state index contributed by atoms with van der Waals surface area (Å²) >= 11 is 0. The first kappa shape index (κ1) is 21.1. The lowest BCUT2D eigenvalue weighted by atomic mass is 10.1. The Hall–Kier alpha value is -2.58. The van der Waals surface area contributed by atoms with Crippen LogP contribution in [0.3, 0.4) is 0 Å². The Bertz CT molecular complexity index is 799. The van der Waals surface area contributed by atoms with Gasteiger partial charge in [-0.05, 0) is 48.2 Å². The first-order valence-electron chi connectivity index (χ1n) is 9.41.